The number of carboxylic acid groups (broad SMARTS) is 1. The number of benzene rings is 1. The highest BCUT2D eigenvalue weighted by Crippen LogP contribution is 2.37. The molecule has 1 saturated carbocycles. The maximum Gasteiger partial charge on any atom is 0.326 e. The molecule has 8 heteroatoms. The summed E-state index contributed by atoms with van der Waals surface area (Å²) in [6, 6.07) is 1.40. The van der Waals surface area contributed by atoms with Crippen molar-refractivity contribution >= 4 is 34.4 Å². The number of nitrogens with zero attached hydrogens (tertiary/aromatic N) is 1. The number of halogens is 2. The number of carbonyl (C=O) groups excluding carboxylic acids is 1. The quantitative estimate of drug-likeness (QED) is 0.786. The van der Waals surface area contributed by atoms with Gasteiger partial charge in [0.2, 0.25) is 5.43 Å². The molecule has 1 aromatic heterocycles. The summed E-state index contributed by atoms with van der Waals surface area (Å²) in [6.07, 6.45) is 3.40. The Labute approximate surface area is 159 Å². The minimum absolute atomic E-state index is 0.0439. The van der Waals surface area contributed by atoms with E-state index >= 15 is 0 Å². The standard InChI is InChI=1S/C19H20ClFN2O4/c1-9(2)5-15(19(26)27)22-18(25)12-8-23(10-3-4-10)16-7-13(20)14(21)6-11(16)17(12)24/h6-10,15H,3-5H2,1-2H3,(H,22,25)(H,26,27)/t15-/m0/s1. The van der Waals surface area contributed by atoms with E-state index in [0.29, 0.717) is 5.52 Å². The van der Waals surface area contributed by atoms with Crippen LogP contribution in [0.5, 0.6) is 0 Å². The van der Waals surface area contributed by atoms with Crippen LogP contribution in [-0.2, 0) is 4.79 Å². The molecule has 1 atom stereocenters. The van der Waals surface area contributed by atoms with Crippen molar-refractivity contribution in [2.45, 2.75) is 45.2 Å². The van der Waals surface area contributed by atoms with E-state index in [1.54, 1.807) is 4.57 Å². The molecular formula is C19H20ClFN2O4. The molecule has 1 aromatic carbocycles. The Hall–Kier alpha value is -2.41. The van der Waals surface area contributed by atoms with Crippen molar-refractivity contribution in [3.63, 3.8) is 0 Å². The van der Waals surface area contributed by atoms with Crippen LogP contribution < -0.4 is 10.7 Å². The predicted octanol–water partition coefficient (Wildman–Crippen LogP) is 3.36. The van der Waals surface area contributed by atoms with Gasteiger partial charge in [-0.1, -0.05) is 25.4 Å². The third-order valence-electron chi connectivity index (χ3n) is 4.57. The predicted molar refractivity (Wildman–Crippen MR) is 99.8 cm³/mol. The number of hydrogen-bond acceptors (Lipinski definition) is 3. The van der Waals surface area contributed by atoms with Crippen molar-refractivity contribution < 1.29 is 19.1 Å². The van der Waals surface area contributed by atoms with Crippen molar-refractivity contribution in [1.82, 2.24) is 9.88 Å². The SMILES string of the molecule is CC(C)C[C@H](NC(=O)c1cn(C2CC2)c2cc(Cl)c(F)cc2c1=O)C(=O)O. The Morgan fingerprint density at radius 3 is 2.59 bits per heavy atom. The third-order valence-corrected chi connectivity index (χ3v) is 4.86. The number of amides is 1. The minimum atomic E-state index is -1.17. The van der Waals surface area contributed by atoms with Crippen LogP contribution in [0.3, 0.4) is 0 Å². The number of rotatable bonds is 6. The highest BCUT2D eigenvalue weighted by Gasteiger charge is 2.29. The molecule has 1 heterocycles. The molecule has 1 amide bonds. The number of carbonyl (C=O) groups is 2. The van der Waals surface area contributed by atoms with Gasteiger partial charge in [-0.3, -0.25) is 9.59 Å². The van der Waals surface area contributed by atoms with Gasteiger partial charge in [-0.2, -0.15) is 0 Å². The van der Waals surface area contributed by atoms with E-state index in [9.17, 15) is 23.9 Å². The summed E-state index contributed by atoms with van der Waals surface area (Å²) in [5.41, 5.74) is -0.391. The molecule has 27 heavy (non-hydrogen) atoms. The van der Waals surface area contributed by atoms with Crippen LogP contribution in [0, 0.1) is 11.7 Å². The van der Waals surface area contributed by atoms with Crippen LogP contribution in [0.2, 0.25) is 5.02 Å². The normalized spacial score (nSPS) is 15.1. The molecule has 2 N–H and O–H groups in total. The Morgan fingerprint density at radius 1 is 1.37 bits per heavy atom. The van der Waals surface area contributed by atoms with Gasteiger partial charge < -0.3 is 15.0 Å². The van der Waals surface area contributed by atoms with Crippen LogP contribution in [0.4, 0.5) is 4.39 Å². The van der Waals surface area contributed by atoms with E-state index < -0.39 is 29.2 Å². The van der Waals surface area contributed by atoms with Gasteiger partial charge in [0.15, 0.2) is 0 Å². The van der Waals surface area contributed by atoms with E-state index in [1.807, 2.05) is 13.8 Å². The fraction of sp³-hybridized carbons (Fsp3) is 0.421. The molecular weight excluding hydrogens is 375 g/mol. The largest absolute Gasteiger partial charge is 0.480 e. The highest BCUT2D eigenvalue weighted by atomic mass is 35.5. The molecule has 3 rings (SSSR count). The molecule has 144 valence electrons. The second-order valence-electron chi connectivity index (χ2n) is 7.29. The fourth-order valence-electron chi connectivity index (χ4n) is 3.09. The molecule has 6 nitrogen and oxygen atoms in total. The van der Waals surface area contributed by atoms with Gasteiger partial charge in [0.25, 0.3) is 5.91 Å². The lowest BCUT2D eigenvalue weighted by Crippen LogP contribution is -2.43. The molecule has 1 fully saturated rings. The average Bonchev–Trinajstić information content (AvgIpc) is 3.40. The molecule has 0 spiro atoms. The van der Waals surface area contributed by atoms with E-state index in [2.05, 4.69) is 5.32 Å². The van der Waals surface area contributed by atoms with E-state index in [-0.39, 0.29) is 34.4 Å². The lowest BCUT2D eigenvalue weighted by Gasteiger charge is -2.18. The summed E-state index contributed by atoms with van der Waals surface area (Å²) in [6.45, 7) is 3.68. The Kier molecular flexibility index (Phi) is 5.24. The zero-order chi connectivity index (χ0) is 19.9. The number of aliphatic carboxylic acids is 1. The second-order valence-corrected chi connectivity index (χ2v) is 7.69. The first-order valence-corrected chi connectivity index (χ1v) is 9.14. The molecule has 0 aliphatic heterocycles. The van der Waals surface area contributed by atoms with Gasteiger partial charge in [-0.15, -0.1) is 0 Å². The number of nitrogens with one attached hydrogen (secondary N) is 1. The molecule has 0 bridgehead atoms. The van der Waals surface area contributed by atoms with Gasteiger partial charge in [0.05, 0.1) is 10.5 Å². The van der Waals surface area contributed by atoms with E-state index in [4.69, 9.17) is 11.6 Å². The summed E-state index contributed by atoms with van der Waals surface area (Å²) in [5.74, 6) is -2.65. The topological polar surface area (TPSA) is 88.4 Å². The Bertz CT molecular complexity index is 982. The first-order chi connectivity index (χ1) is 12.7. The molecule has 0 saturated heterocycles. The van der Waals surface area contributed by atoms with Crippen LogP contribution in [-0.4, -0.2) is 27.6 Å². The first-order valence-electron chi connectivity index (χ1n) is 8.76. The van der Waals surface area contributed by atoms with E-state index in [0.717, 1.165) is 18.9 Å². The van der Waals surface area contributed by atoms with Crippen LogP contribution in [0.15, 0.2) is 23.1 Å². The summed E-state index contributed by atoms with van der Waals surface area (Å²) < 4.78 is 15.7. The van der Waals surface area contributed by atoms with Crippen molar-refractivity contribution in [3.05, 3.63) is 45.0 Å². The number of aromatic nitrogens is 1. The first kappa shape index (κ1) is 19.4. The second kappa shape index (κ2) is 7.31. The smallest absolute Gasteiger partial charge is 0.326 e. The highest BCUT2D eigenvalue weighted by molar-refractivity contribution is 6.31. The van der Waals surface area contributed by atoms with Gasteiger partial charge in [-0.05, 0) is 37.3 Å². The van der Waals surface area contributed by atoms with E-state index in [1.165, 1.54) is 12.3 Å². The van der Waals surface area contributed by atoms with Crippen molar-refractivity contribution in [2.75, 3.05) is 0 Å². The number of pyridine rings is 1. The van der Waals surface area contributed by atoms with Crippen LogP contribution in [0.1, 0.15) is 49.5 Å². The molecule has 0 radical (unpaired) electrons. The van der Waals surface area contributed by atoms with Crippen molar-refractivity contribution in [2.24, 2.45) is 5.92 Å². The van der Waals surface area contributed by atoms with Gasteiger partial charge in [-0.25, -0.2) is 9.18 Å². The monoisotopic (exact) mass is 394 g/mol. The minimum Gasteiger partial charge on any atom is -0.480 e. The lowest BCUT2D eigenvalue weighted by atomic mass is 10.0. The maximum atomic E-state index is 13.9. The molecule has 0 unspecified atom stereocenters. The van der Waals surface area contributed by atoms with Crippen LogP contribution >= 0.6 is 11.6 Å². The molecule has 1 aliphatic rings. The average molecular weight is 395 g/mol. The number of fused-ring (bicyclic) bond motifs is 1. The Morgan fingerprint density at radius 2 is 2.04 bits per heavy atom. The summed E-state index contributed by atoms with van der Waals surface area (Å²) >= 11 is 5.86. The summed E-state index contributed by atoms with van der Waals surface area (Å²) in [7, 11) is 0. The number of hydrogen-bond donors (Lipinski definition) is 2. The Balaban J connectivity index is 2.07. The fourth-order valence-corrected chi connectivity index (χ4v) is 3.25. The zero-order valence-electron chi connectivity index (χ0n) is 15.0. The lowest BCUT2D eigenvalue weighted by molar-refractivity contribution is -0.139. The van der Waals surface area contributed by atoms with Gasteiger partial charge >= 0.3 is 5.97 Å². The van der Waals surface area contributed by atoms with Crippen molar-refractivity contribution in [1.29, 1.82) is 0 Å². The summed E-state index contributed by atoms with van der Waals surface area (Å²) in [5, 5.41) is 11.7. The van der Waals surface area contributed by atoms with Gasteiger partial charge in [0, 0.05) is 17.6 Å². The zero-order valence-corrected chi connectivity index (χ0v) is 15.7. The third kappa shape index (κ3) is 3.98. The van der Waals surface area contributed by atoms with Gasteiger partial charge in [0.1, 0.15) is 17.4 Å². The van der Waals surface area contributed by atoms with Crippen molar-refractivity contribution in [3.8, 4) is 0 Å². The summed E-state index contributed by atoms with van der Waals surface area (Å²) in [4.78, 5) is 36.8. The number of carboxylic acids is 1. The molecule has 2 aromatic rings. The maximum absolute atomic E-state index is 13.9. The van der Waals surface area contributed by atoms with Crippen LogP contribution in [0.25, 0.3) is 10.9 Å². The molecule has 1 aliphatic carbocycles.